The van der Waals surface area contributed by atoms with Gasteiger partial charge in [0.15, 0.2) is 5.11 Å². The summed E-state index contributed by atoms with van der Waals surface area (Å²) in [4.78, 5) is 3.10. The first-order chi connectivity index (χ1) is 11.5. The van der Waals surface area contributed by atoms with Crippen molar-refractivity contribution < 1.29 is 4.39 Å². The highest BCUT2D eigenvalue weighted by atomic mass is 32.1. The predicted molar refractivity (Wildman–Crippen MR) is 102 cm³/mol. The van der Waals surface area contributed by atoms with Crippen LogP contribution in [0.2, 0.25) is 0 Å². The van der Waals surface area contributed by atoms with Gasteiger partial charge < -0.3 is 15.6 Å². The zero-order chi connectivity index (χ0) is 17.1. The summed E-state index contributed by atoms with van der Waals surface area (Å²) in [5, 5.41) is 8.10. The molecule has 0 fully saturated rings. The highest BCUT2D eigenvalue weighted by Gasteiger charge is 2.05. The van der Waals surface area contributed by atoms with Gasteiger partial charge in [0.1, 0.15) is 5.82 Å². The molecule has 1 heterocycles. The van der Waals surface area contributed by atoms with Crippen LogP contribution in [-0.2, 0) is 6.42 Å². The number of aromatic nitrogens is 1. The average Bonchev–Trinajstić information content (AvgIpc) is 2.92. The van der Waals surface area contributed by atoms with Gasteiger partial charge in [0.05, 0.1) is 0 Å². The molecule has 0 spiro atoms. The Morgan fingerprint density at radius 3 is 2.79 bits per heavy atom. The number of halogens is 1. The maximum Gasteiger partial charge on any atom is 0.170 e. The summed E-state index contributed by atoms with van der Waals surface area (Å²) in [5.74, 6) is -0.229. The second-order valence-corrected chi connectivity index (χ2v) is 6.36. The molecule has 5 heteroatoms. The van der Waals surface area contributed by atoms with Gasteiger partial charge in [-0.05, 0) is 67.9 Å². The van der Waals surface area contributed by atoms with Crippen molar-refractivity contribution in [1.82, 2.24) is 10.3 Å². The van der Waals surface area contributed by atoms with Crippen LogP contribution in [0.1, 0.15) is 16.7 Å². The Morgan fingerprint density at radius 1 is 1.17 bits per heavy atom. The van der Waals surface area contributed by atoms with Gasteiger partial charge in [-0.1, -0.05) is 17.7 Å². The lowest BCUT2D eigenvalue weighted by Crippen LogP contribution is -2.30. The summed E-state index contributed by atoms with van der Waals surface area (Å²) in [6.07, 6.45) is 2.73. The first kappa shape index (κ1) is 16.5. The number of anilines is 1. The van der Waals surface area contributed by atoms with Crippen LogP contribution in [-0.4, -0.2) is 16.6 Å². The fourth-order valence-corrected chi connectivity index (χ4v) is 3.01. The Kier molecular flexibility index (Phi) is 4.81. The maximum absolute atomic E-state index is 13.2. The van der Waals surface area contributed by atoms with E-state index >= 15 is 0 Å². The molecule has 2 aromatic carbocycles. The molecule has 0 saturated carbocycles. The molecule has 0 aliphatic heterocycles. The van der Waals surface area contributed by atoms with Crippen molar-refractivity contribution in [3.05, 3.63) is 65.1 Å². The third kappa shape index (κ3) is 3.74. The molecular weight excluding hydrogens is 321 g/mol. The first-order valence-electron chi connectivity index (χ1n) is 7.90. The molecule has 3 aromatic rings. The number of rotatable bonds is 4. The Hall–Kier alpha value is -2.40. The molecule has 3 rings (SSSR count). The quantitative estimate of drug-likeness (QED) is 0.614. The van der Waals surface area contributed by atoms with Crippen LogP contribution in [0.15, 0.2) is 42.6 Å². The summed E-state index contributed by atoms with van der Waals surface area (Å²) < 4.78 is 13.2. The minimum atomic E-state index is -0.229. The van der Waals surface area contributed by atoms with E-state index in [0.29, 0.717) is 11.7 Å². The Balaban J connectivity index is 1.56. The molecule has 0 aliphatic carbocycles. The first-order valence-corrected chi connectivity index (χ1v) is 8.31. The zero-order valence-electron chi connectivity index (χ0n) is 13.7. The number of nitrogens with one attached hydrogen (secondary N) is 3. The molecule has 24 heavy (non-hydrogen) atoms. The van der Waals surface area contributed by atoms with Crippen molar-refractivity contribution >= 4 is 33.9 Å². The van der Waals surface area contributed by atoms with Gasteiger partial charge in [0.2, 0.25) is 0 Å². The number of thiocarbonyl (C=S) groups is 1. The third-order valence-electron chi connectivity index (χ3n) is 4.04. The zero-order valence-corrected chi connectivity index (χ0v) is 14.6. The van der Waals surface area contributed by atoms with Crippen molar-refractivity contribution in [2.75, 3.05) is 11.9 Å². The largest absolute Gasteiger partial charge is 0.362 e. The topological polar surface area (TPSA) is 39.8 Å². The summed E-state index contributed by atoms with van der Waals surface area (Å²) in [5.41, 5.74) is 5.37. The third-order valence-corrected chi connectivity index (χ3v) is 4.29. The van der Waals surface area contributed by atoms with Crippen molar-refractivity contribution in [3.63, 3.8) is 0 Å². The second kappa shape index (κ2) is 7.01. The SMILES string of the molecule is Cc1ccc(NC(=S)NCCc2c[nH]c3cc(F)ccc23)c(C)c1. The Labute approximate surface area is 146 Å². The fraction of sp³-hybridized carbons (Fsp3) is 0.211. The molecule has 124 valence electrons. The number of fused-ring (bicyclic) bond motifs is 1. The number of hydrogen-bond donors (Lipinski definition) is 3. The Morgan fingerprint density at radius 2 is 2.00 bits per heavy atom. The Bertz CT molecular complexity index is 885. The van der Waals surface area contributed by atoms with E-state index in [0.717, 1.165) is 34.1 Å². The van der Waals surface area contributed by atoms with Crippen LogP contribution >= 0.6 is 12.2 Å². The van der Waals surface area contributed by atoms with Gasteiger partial charge in [0, 0.05) is 29.3 Å². The summed E-state index contributed by atoms with van der Waals surface area (Å²) in [7, 11) is 0. The van der Waals surface area contributed by atoms with Crippen LogP contribution in [0.3, 0.4) is 0 Å². The van der Waals surface area contributed by atoms with E-state index in [4.69, 9.17) is 12.2 Å². The van der Waals surface area contributed by atoms with Gasteiger partial charge in [0.25, 0.3) is 0 Å². The molecule has 0 atom stereocenters. The molecule has 0 saturated heterocycles. The molecule has 0 radical (unpaired) electrons. The van der Waals surface area contributed by atoms with Crippen molar-refractivity contribution in [2.45, 2.75) is 20.3 Å². The van der Waals surface area contributed by atoms with E-state index in [9.17, 15) is 4.39 Å². The van der Waals surface area contributed by atoms with Gasteiger partial charge in [-0.2, -0.15) is 0 Å². The lowest BCUT2D eigenvalue weighted by Gasteiger charge is -2.12. The highest BCUT2D eigenvalue weighted by Crippen LogP contribution is 2.19. The number of H-pyrrole nitrogens is 1. The molecule has 3 N–H and O–H groups in total. The molecule has 0 aliphatic rings. The van der Waals surface area contributed by atoms with Crippen molar-refractivity contribution in [2.24, 2.45) is 0 Å². The van der Waals surface area contributed by atoms with E-state index in [1.54, 1.807) is 0 Å². The van der Waals surface area contributed by atoms with Crippen LogP contribution < -0.4 is 10.6 Å². The van der Waals surface area contributed by atoms with E-state index < -0.39 is 0 Å². The van der Waals surface area contributed by atoms with Crippen LogP contribution in [0.4, 0.5) is 10.1 Å². The van der Waals surface area contributed by atoms with E-state index in [-0.39, 0.29) is 5.82 Å². The summed E-state index contributed by atoms with van der Waals surface area (Å²) in [6, 6.07) is 11.0. The van der Waals surface area contributed by atoms with Gasteiger partial charge in [-0.15, -0.1) is 0 Å². The van der Waals surface area contributed by atoms with E-state index in [1.165, 1.54) is 17.7 Å². The second-order valence-electron chi connectivity index (χ2n) is 5.95. The number of benzene rings is 2. The lowest BCUT2D eigenvalue weighted by atomic mass is 10.1. The van der Waals surface area contributed by atoms with Crippen LogP contribution in [0, 0.1) is 19.7 Å². The van der Waals surface area contributed by atoms with Gasteiger partial charge in [-0.3, -0.25) is 0 Å². The van der Waals surface area contributed by atoms with Crippen molar-refractivity contribution in [1.29, 1.82) is 0 Å². The fourth-order valence-electron chi connectivity index (χ4n) is 2.80. The monoisotopic (exact) mass is 341 g/mol. The molecule has 3 nitrogen and oxygen atoms in total. The normalized spacial score (nSPS) is 10.8. The summed E-state index contributed by atoms with van der Waals surface area (Å²) >= 11 is 5.36. The van der Waals surface area contributed by atoms with E-state index in [1.807, 2.05) is 18.3 Å². The predicted octanol–water partition coefficient (Wildman–Crippen LogP) is 4.45. The van der Waals surface area contributed by atoms with E-state index in [2.05, 4.69) is 41.6 Å². The molecule has 1 aromatic heterocycles. The minimum absolute atomic E-state index is 0.229. The lowest BCUT2D eigenvalue weighted by molar-refractivity contribution is 0.629. The molecule has 0 amide bonds. The minimum Gasteiger partial charge on any atom is -0.362 e. The number of aryl methyl sites for hydroxylation is 2. The van der Waals surface area contributed by atoms with Crippen molar-refractivity contribution in [3.8, 4) is 0 Å². The summed E-state index contributed by atoms with van der Waals surface area (Å²) in [6.45, 7) is 4.84. The highest BCUT2D eigenvalue weighted by molar-refractivity contribution is 7.80. The average molecular weight is 341 g/mol. The molecule has 0 unspecified atom stereocenters. The number of aromatic amines is 1. The van der Waals surface area contributed by atoms with Gasteiger partial charge in [-0.25, -0.2) is 4.39 Å². The maximum atomic E-state index is 13.2. The van der Waals surface area contributed by atoms with Crippen LogP contribution in [0.5, 0.6) is 0 Å². The van der Waals surface area contributed by atoms with Gasteiger partial charge >= 0.3 is 0 Å². The standard InChI is InChI=1S/C19H20FN3S/c1-12-3-6-17(13(2)9-12)23-19(24)21-8-7-14-11-22-18-10-15(20)4-5-16(14)18/h3-6,9-11,22H,7-8H2,1-2H3,(H2,21,23,24). The molecular formula is C19H20FN3S. The number of hydrogen-bond acceptors (Lipinski definition) is 1. The molecule has 0 bridgehead atoms. The van der Waals surface area contributed by atoms with Crippen LogP contribution in [0.25, 0.3) is 10.9 Å². The smallest absolute Gasteiger partial charge is 0.170 e.